The van der Waals surface area contributed by atoms with Crippen LogP contribution >= 0.6 is 0 Å². The molecule has 1 aliphatic carbocycles. The van der Waals surface area contributed by atoms with Gasteiger partial charge in [-0.25, -0.2) is 4.98 Å². The number of aromatic amines is 1. The minimum Gasteiger partial charge on any atom is -0.380 e. The van der Waals surface area contributed by atoms with Crippen molar-refractivity contribution in [2.45, 2.75) is 64.5 Å². The quantitative estimate of drug-likeness (QED) is 0.234. The molecule has 0 radical (unpaired) electrons. The zero-order valence-corrected chi connectivity index (χ0v) is 23.9. The van der Waals surface area contributed by atoms with Gasteiger partial charge in [0.25, 0.3) is 0 Å². The first-order valence-corrected chi connectivity index (χ1v) is 15.0. The minimum absolute atomic E-state index is 0.506. The van der Waals surface area contributed by atoms with Gasteiger partial charge in [-0.2, -0.15) is 5.10 Å². The normalized spacial score (nSPS) is 19.2. The number of aryl methyl sites for hydroxylation is 4. The topological polar surface area (TPSA) is 75.7 Å². The molecule has 4 heterocycles. The molecule has 1 fully saturated rings. The Hall–Kier alpha value is -3.87. The zero-order valence-electron chi connectivity index (χ0n) is 23.9. The molecule has 1 saturated heterocycles. The second kappa shape index (κ2) is 11.2. The molecule has 1 aliphatic heterocycles. The third kappa shape index (κ3) is 5.42. The van der Waals surface area contributed by atoms with E-state index in [1.165, 1.54) is 47.9 Å². The fraction of sp³-hybridized carbons (Fsp3) is 0.343. The van der Waals surface area contributed by atoms with Crippen LogP contribution in [0.5, 0.6) is 0 Å². The van der Waals surface area contributed by atoms with Gasteiger partial charge in [0.2, 0.25) is 0 Å². The van der Waals surface area contributed by atoms with Gasteiger partial charge in [-0.3, -0.25) is 10.1 Å². The van der Waals surface area contributed by atoms with Gasteiger partial charge >= 0.3 is 0 Å². The Morgan fingerprint density at radius 1 is 0.805 bits per heavy atom. The molecule has 0 bridgehead atoms. The summed E-state index contributed by atoms with van der Waals surface area (Å²) in [6, 6.07) is 23.0. The van der Waals surface area contributed by atoms with Crippen molar-refractivity contribution in [1.29, 1.82) is 0 Å². The van der Waals surface area contributed by atoms with Crippen LogP contribution in [0.15, 0.2) is 66.9 Å². The van der Waals surface area contributed by atoms with Crippen LogP contribution in [0.3, 0.4) is 0 Å². The summed E-state index contributed by atoms with van der Waals surface area (Å²) in [6.07, 6.45) is 8.93. The van der Waals surface area contributed by atoms with Crippen molar-refractivity contribution in [3.05, 3.63) is 89.2 Å². The van der Waals surface area contributed by atoms with Gasteiger partial charge in [0.15, 0.2) is 5.65 Å². The van der Waals surface area contributed by atoms with Crippen molar-refractivity contribution >= 4 is 11.0 Å². The zero-order chi connectivity index (χ0) is 27.8. The molecule has 208 valence electrons. The van der Waals surface area contributed by atoms with Crippen molar-refractivity contribution in [2.24, 2.45) is 0 Å². The number of nitrogens with one attached hydrogen (secondary N) is 2. The maximum absolute atomic E-state index is 5.70. The van der Waals surface area contributed by atoms with E-state index in [1.807, 2.05) is 13.1 Å². The number of H-pyrrole nitrogens is 1. The number of benzene rings is 2. The van der Waals surface area contributed by atoms with Crippen molar-refractivity contribution in [2.75, 3.05) is 13.2 Å². The van der Waals surface area contributed by atoms with Gasteiger partial charge in [-0.15, -0.1) is 0 Å². The third-order valence-electron chi connectivity index (χ3n) is 8.79. The van der Waals surface area contributed by atoms with E-state index >= 15 is 0 Å². The Morgan fingerprint density at radius 3 is 2.44 bits per heavy atom. The molecule has 2 atom stereocenters. The van der Waals surface area contributed by atoms with Gasteiger partial charge < -0.3 is 10.1 Å². The molecule has 0 saturated carbocycles. The van der Waals surface area contributed by atoms with Gasteiger partial charge in [0, 0.05) is 52.7 Å². The Kier molecular flexibility index (Phi) is 7.11. The summed E-state index contributed by atoms with van der Waals surface area (Å²) in [5.74, 6) is 0. The summed E-state index contributed by atoms with van der Waals surface area (Å²) in [6.45, 7) is 5.91. The number of nitrogens with zero attached hydrogens (tertiary/aromatic N) is 3. The average Bonchev–Trinajstić information content (AvgIpc) is 3.33. The lowest BCUT2D eigenvalue weighted by atomic mass is 9.96. The number of ether oxygens (including phenoxy) is 1. The van der Waals surface area contributed by atoms with Gasteiger partial charge in [0.05, 0.1) is 18.0 Å². The highest BCUT2D eigenvalue weighted by Gasteiger charge is 2.22. The largest absolute Gasteiger partial charge is 0.380 e. The molecule has 0 amide bonds. The van der Waals surface area contributed by atoms with Gasteiger partial charge in [-0.1, -0.05) is 48.5 Å². The Bertz CT molecular complexity index is 1680. The summed E-state index contributed by atoms with van der Waals surface area (Å²) < 4.78 is 5.70. The highest BCUT2D eigenvalue weighted by molar-refractivity contribution is 5.93. The molecule has 7 rings (SSSR count). The summed E-state index contributed by atoms with van der Waals surface area (Å²) in [5, 5.41) is 12.7. The molecule has 2 N–H and O–H groups in total. The van der Waals surface area contributed by atoms with E-state index in [1.54, 1.807) is 0 Å². The maximum atomic E-state index is 5.70. The van der Waals surface area contributed by atoms with E-state index in [2.05, 4.69) is 83.1 Å². The maximum Gasteiger partial charge on any atom is 0.181 e. The Morgan fingerprint density at radius 2 is 1.61 bits per heavy atom. The smallest absolute Gasteiger partial charge is 0.181 e. The van der Waals surface area contributed by atoms with Crippen LogP contribution < -0.4 is 5.32 Å². The van der Waals surface area contributed by atoms with Crippen LogP contribution in [0, 0.1) is 13.8 Å². The number of hydrogen-bond donors (Lipinski definition) is 2. The predicted molar refractivity (Wildman–Crippen MR) is 165 cm³/mol. The SMILES string of the molecule is Cc1ccc(C)c(-c2ccc(-c3[nH]nc4ncc(-c5ccc6c(c5)CC[C@@H](N[C@H]5CCCOC5)CC6)cc34)cc2)n1. The number of aromatic nitrogens is 4. The molecule has 5 aromatic rings. The second-order valence-electron chi connectivity index (χ2n) is 11.7. The van der Waals surface area contributed by atoms with Crippen molar-refractivity contribution in [1.82, 2.24) is 25.5 Å². The van der Waals surface area contributed by atoms with E-state index in [-0.39, 0.29) is 0 Å². The second-order valence-corrected chi connectivity index (χ2v) is 11.7. The van der Waals surface area contributed by atoms with Gasteiger partial charge in [-0.05, 0) is 86.8 Å². The van der Waals surface area contributed by atoms with Crippen LogP contribution in [0.4, 0.5) is 0 Å². The van der Waals surface area contributed by atoms with E-state index in [9.17, 15) is 0 Å². The summed E-state index contributed by atoms with van der Waals surface area (Å²) in [7, 11) is 0. The number of pyridine rings is 2. The van der Waals surface area contributed by atoms with Gasteiger partial charge in [0.1, 0.15) is 0 Å². The number of rotatable bonds is 5. The van der Waals surface area contributed by atoms with Crippen LogP contribution in [0.25, 0.3) is 44.7 Å². The Labute approximate surface area is 241 Å². The fourth-order valence-electron chi connectivity index (χ4n) is 6.45. The van der Waals surface area contributed by atoms with Crippen molar-refractivity contribution in [3.8, 4) is 33.6 Å². The average molecular weight is 544 g/mol. The van der Waals surface area contributed by atoms with Crippen molar-refractivity contribution < 1.29 is 4.74 Å². The van der Waals surface area contributed by atoms with E-state index in [0.717, 1.165) is 70.9 Å². The van der Waals surface area contributed by atoms with E-state index in [0.29, 0.717) is 12.1 Å². The molecule has 2 aromatic carbocycles. The standard InChI is InChI=1S/C35H37N5O/c1-22-5-6-23(2)37-33(22)25-8-10-26(11-9-25)34-32-19-29(20-36-35(32)40-39-34)28-12-7-24-13-15-30(16-14-27(24)18-28)38-31-4-3-17-41-21-31/h5-12,18-20,30-31,38H,3-4,13-17,21H2,1-2H3,(H,36,39,40)/t30-,31-/m0/s1. The fourth-order valence-corrected chi connectivity index (χ4v) is 6.45. The molecule has 41 heavy (non-hydrogen) atoms. The van der Waals surface area contributed by atoms with Crippen LogP contribution in [0.1, 0.15) is 48.1 Å². The number of fused-ring (bicyclic) bond motifs is 2. The monoisotopic (exact) mass is 543 g/mol. The van der Waals surface area contributed by atoms with Crippen LogP contribution in [-0.2, 0) is 17.6 Å². The summed E-state index contributed by atoms with van der Waals surface area (Å²) >= 11 is 0. The molecule has 0 unspecified atom stereocenters. The Balaban J connectivity index is 1.13. The first kappa shape index (κ1) is 26.1. The predicted octanol–water partition coefficient (Wildman–Crippen LogP) is 6.99. The molecule has 2 aliphatic rings. The molecule has 6 heteroatoms. The molecular weight excluding hydrogens is 506 g/mol. The lowest BCUT2D eigenvalue weighted by Gasteiger charge is -2.28. The first-order chi connectivity index (χ1) is 20.1. The lowest BCUT2D eigenvalue weighted by Crippen LogP contribution is -2.43. The van der Waals surface area contributed by atoms with E-state index in [4.69, 9.17) is 14.7 Å². The molecule has 6 nitrogen and oxygen atoms in total. The summed E-state index contributed by atoms with van der Waals surface area (Å²) in [4.78, 5) is 9.48. The van der Waals surface area contributed by atoms with Crippen LogP contribution in [-0.4, -0.2) is 45.5 Å². The molecule has 0 spiro atoms. The molecular formula is C35H37N5O. The highest BCUT2D eigenvalue weighted by atomic mass is 16.5. The number of hydrogen-bond acceptors (Lipinski definition) is 5. The minimum atomic E-state index is 0.506. The lowest BCUT2D eigenvalue weighted by molar-refractivity contribution is 0.0656. The first-order valence-electron chi connectivity index (χ1n) is 15.0. The van der Waals surface area contributed by atoms with Crippen molar-refractivity contribution in [3.63, 3.8) is 0 Å². The van der Waals surface area contributed by atoms with Crippen LogP contribution in [0.2, 0.25) is 0 Å². The molecule has 3 aromatic heterocycles. The summed E-state index contributed by atoms with van der Waals surface area (Å²) in [5.41, 5.74) is 12.5. The highest BCUT2D eigenvalue weighted by Crippen LogP contribution is 2.33. The third-order valence-corrected chi connectivity index (χ3v) is 8.79. The van der Waals surface area contributed by atoms with E-state index < -0.39 is 0 Å².